The Morgan fingerprint density at radius 2 is 1.88 bits per heavy atom. The first-order valence-electron chi connectivity index (χ1n) is 5.11. The Labute approximate surface area is 106 Å². The van der Waals surface area contributed by atoms with E-state index in [2.05, 4.69) is 0 Å². The van der Waals surface area contributed by atoms with Crippen LogP contribution in [0.4, 0.5) is 0 Å². The number of aryl methyl sites for hydroxylation is 1. The molecule has 0 aliphatic heterocycles. The zero-order chi connectivity index (χ0) is 12.0. The maximum Gasteiger partial charge on any atom is 0.132 e. The van der Waals surface area contributed by atoms with E-state index in [-0.39, 0.29) is 0 Å². The van der Waals surface area contributed by atoms with Gasteiger partial charge in [-0.3, -0.25) is 0 Å². The van der Waals surface area contributed by atoms with Crippen LogP contribution in [0.3, 0.4) is 0 Å². The maximum absolute atomic E-state index is 5.70. The number of hydrogen-bond acceptors (Lipinski definition) is 3. The molecule has 90 valence electrons. The lowest BCUT2D eigenvalue weighted by atomic mass is 10.1. The number of hydrogen-bond donors (Lipinski definition) is 0. The fraction of sp³-hybridized carbons (Fsp3) is 0.500. The molecule has 0 aromatic heterocycles. The van der Waals surface area contributed by atoms with Crippen LogP contribution < -0.4 is 9.47 Å². The van der Waals surface area contributed by atoms with Crippen molar-refractivity contribution >= 4 is 23.4 Å². The van der Waals surface area contributed by atoms with E-state index < -0.39 is 0 Å². The van der Waals surface area contributed by atoms with Gasteiger partial charge in [0.15, 0.2) is 0 Å². The highest BCUT2D eigenvalue weighted by Crippen LogP contribution is 2.35. The largest absolute Gasteiger partial charge is 0.496 e. The Morgan fingerprint density at radius 1 is 1.19 bits per heavy atom. The number of benzene rings is 1. The average Bonchev–Trinajstić information content (AvgIpc) is 2.35. The van der Waals surface area contributed by atoms with Crippen molar-refractivity contribution < 1.29 is 9.47 Å². The van der Waals surface area contributed by atoms with Gasteiger partial charge in [0.2, 0.25) is 0 Å². The van der Waals surface area contributed by atoms with E-state index in [1.54, 1.807) is 26.0 Å². The fourth-order valence-electron chi connectivity index (χ4n) is 1.55. The van der Waals surface area contributed by atoms with Crippen LogP contribution in [0.2, 0.25) is 0 Å². The molecule has 0 fully saturated rings. The van der Waals surface area contributed by atoms with E-state index in [9.17, 15) is 0 Å². The van der Waals surface area contributed by atoms with E-state index in [0.29, 0.717) is 5.88 Å². The molecule has 1 rings (SSSR count). The summed E-state index contributed by atoms with van der Waals surface area (Å²) < 4.78 is 10.7. The van der Waals surface area contributed by atoms with Crippen molar-refractivity contribution in [3.8, 4) is 11.5 Å². The normalized spacial score (nSPS) is 10.2. The van der Waals surface area contributed by atoms with Gasteiger partial charge in [-0.15, -0.1) is 23.4 Å². The van der Waals surface area contributed by atoms with Crippen molar-refractivity contribution in [2.45, 2.75) is 17.7 Å². The van der Waals surface area contributed by atoms with E-state index in [1.165, 1.54) is 0 Å². The van der Waals surface area contributed by atoms with E-state index >= 15 is 0 Å². The third-order valence-electron chi connectivity index (χ3n) is 2.37. The van der Waals surface area contributed by atoms with E-state index in [1.807, 2.05) is 18.4 Å². The minimum atomic E-state index is 0.662. The quantitative estimate of drug-likeness (QED) is 0.575. The molecule has 0 N–H and O–H groups in total. The second-order valence-corrected chi connectivity index (χ2v) is 4.54. The molecule has 0 amide bonds. The summed E-state index contributed by atoms with van der Waals surface area (Å²) in [5, 5.41) is 0. The van der Waals surface area contributed by atoms with Crippen molar-refractivity contribution in [3.05, 3.63) is 17.7 Å². The molecule has 0 unspecified atom stereocenters. The summed E-state index contributed by atoms with van der Waals surface area (Å²) in [6.45, 7) is 0. The van der Waals surface area contributed by atoms with Crippen LogP contribution in [0.1, 0.15) is 12.0 Å². The van der Waals surface area contributed by atoms with Crippen LogP contribution in [-0.4, -0.2) is 26.4 Å². The molecular weight excluding hydrogens is 244 g/mol. The van der Waals surface area contributed by atoms with Gasteiger partial charge < -0.3 is 9.47 Å². The van der Waals surface area contributed by atoms with Crippen LogP contribution in [0.25, 0.3) is 0 Å². The monoisotopic (exact) mass is 260 g/mol. The predicted octanol–water partition coefficient (Wildman–Crippen LogP) is 3.60. The molecule has 0 saturated heterocycles. The van der Waals surface area contributed by atoms with E-state index in [4.69, 9.17) is 21.1 Å². The molecule has 16 heavy (non-hydrogen) atoms. The molecule has 0 bridgehead atoms. The molecular formula is C12H17ClO2S. The van der Waals surface area contributed by atoms with Crippen LogP contribution in [0.15, 0.2) is 17.0 Å². The Bertz CT molecular complexity index is 342. The first kappa shape index (κ1) is 13.5. The maximum atomic E-state index is 5.70. The molecule has 1 aromatic carbocycles. The average molecular weight is 261 g/mol. The Hall–Kier alpha value is -0.540. The minimum absolute atomic E-state index is 0.662. The summed E-state index contributed by atoms with van der Waals surface area (Å²) in [6, 6.07) is 4.06. The van der Waals surface area contributed by atoms with Crippen molar-refractivity contribution in [1.29, 1.82) is 0 Å². The molecule has 0 aliphatic rings. The number of alkyl halides is 1. The van der Waals surface area contributed by atoms with Crippen LogP contribution in [0, 0.1) is 0 Å². The second kappa shape index (κ2) is 6.92. The highest BCUT2D eigenvalue weighted by Gasteiger charge is 2.10. The molecule has 0 atom stereocenters. The summed E-state index contributed by atoms with van der Waals surface area (Å²) in [5.41, 5.74) is 1.15. The third kappa shape index (κ3) is 3.22. The zero-order valence-corrected chi connectivity index (χ0v) is 11.5. The summed E-state index contributed by atoms with van der Waals surface area (Å²) in [6.07, 6.45) is 3.88. The molecule has 0 saturated carbocycles. The van der Waals surface area contributed by atoms with E-state index in [0.717, 1.165) is 34.8 Å². The standard InChI is InChI=1S/C12H17ClO2S/c1-14-10-8-12(16-3)11(15-2)7-9(10)5-4-6-13/h7-8H,4-6H2,1-3H3. The number of ether oxygens (including phenoxy) is 2. The second-order valence-electron chi connectivity index (χ2n) is 3.31. The molecule has 4 heteroatoms. The summed E-state index contributed by atoms with van der Waals surface area (Å²) >= 11 is 7.35. The third-order valence-corrected chi connectivity index (χ3v) is 3.39. The lowest BCUT2D eigenvalue weighted by Crippen LogP contribution is -1.96. The zero-order valence-electron chi connectivity index (χ0n) is 9.88. The van der Waals surface area contributed by atoms with Gasteiger partial charge in [0.05, 0.1) is 19.1 Å². The van der Waals surface area contributed by atoms with Crippen molar-refractivity contribution in [2.75, 3.05) is 26.4 Å². The molecule has 0 aliphatic carbocycles. The molecule has 0 spiro atoms. The predicted molar refractivity (Wildman–Crippen MR) is 70.4 cm³/mol. The van der Waals surface area contributed by atoms with Crippen molar-refractivity contribution in [1.82, 2.24) is 0 Å². The van der Waals surface area contributed by atoms with Gasteiger partial charge in [0, 0.05) is 5.88 Å². The topological polar surface area (TPSA) is 18.5 Å². The van der Waals surface area contributed by atoms with Crippen molar-refractivity contribution in [3.63, 3.8) is 0 Å². The van der Waals surface area contributed by atoms with Gasteiger partial charge >= 0.3 is 0 Å². The van der Waals surface area contributed by atoms with Gasteiger partial charge in [-0.1, -0.05) is 0 Å². The molecule has 0 radical (unpaired) electrons. The SMILES string of the molecule is COc1cc(SC)c(OC)cc1CCCCl. The van der Waals surface area contributed by atoms with Crippen LogP contribution in [0.5, 0.6) is 11.5 Å². The van der Waals surface area contributed by atoms with Gasteiger partial charge in [-0.25, -0.2) is 0 Å². The number of thioether (sulfide) groups is 1. The fourth-order valence-corrected chi connectivity index (χ4v) is 2.25. The summed E-state index contributed by atoms with van der Waals surface area (Å²) in [4.78, 5) is 1.09. The van der Waals surface area contributed by atoms with Gasteiger partial charge in [-0.2, -0.15) is 0 Å². The lowest BCUT2D eigenvalue weighted by Gasteiger charge is -2.13. The lowest BCUT2D eigenvalue weighted by molar-refractivity contribution is 0.390. The Balaban J connectivity index is 3.05. The minimum Gasteiger partial charge on any atom is -0.496 e. The van der Waals surface area contributed by atoms with Crippen LogP contribution >= 0.6 is 23.4 Å². The molecule has 1 aromatic rings. The first-order chi connectivity index (χ1) is 7.76. The van der Waals surface area contributed by atoms with Gasteiger partial charge in [-0.05, 0) is 36.8 Å². The highest BCUT2D eigenvalue weighted by molar-refractivity contribution is 7.98. The summed E-state index contributed by atoms with van der Waals surface area (Å²) in [7, 11) is 3.38. The number of methoxy groups -OCH3 is 2. The van der Waals surface area contributed by atoms with Crippen molar-refractivity contribution in [2.24, 2.45) is 0 Å². The highest BCUT2D eigenvalue weighted by atomic mass is 35.5. The smallest absolute Gasteiger partial charge is 0.132 e. The Morgan fingerprint density at radius 3 is 2.38 bits per heavy atom. The molecule has 2 nitrogen and oxygen atoms in total. The number of rotatable bonds is 6. The molecule has 0 heterocycles. The van der Waals surface area contributed by atoms with Gasteiger partial charge in [0.25, 0.3) is 0 Å². The Kier molecular flexibility index (Phi) is 5.85. The summed E-state index contributed by atoms with van der Waals surface area (Å²) in [5.74, 6) is 2.48. The van der Waals surface area contributed by atoms with Gasteiger partial charge in [0.1, 0.15) is 11.5 Å². The van der Waals surface area contributed by atoms with Crippen LogP contribution in [-0.2, 0) is 6.42 Å². The number of halogens is 1. The first-order valence-corrected chi connectivity index (χ1v) is 6.87.